The molecular weight excluding hydrogens is 288 g/mol. The number of rotatable bonds is 1. The highest BCUT2D eigenvalue weighted by atomic mass is 35.5. The van der Waals surface area contributed by atoms with Crippen LogP contribution in [0, 0.1) is 4.77 Å². The molecule has 6 heteroatoms. The van der Waals surface area contributed by atoms with E-state index in [1.165, 1.54) is 0 Å². The number of hydrogen-bond acceptors (Lipinski definition) is 2. The van der Waals surface area contributed by atoms with E-state index in [-0.39, 0.29) is 0 Å². The molecule has 1 aliphatic heterocycles. The Hall–Kier alpha value is -0.650. The van der Waals surface area contributed by atoms with Crippen LogP contribution in [0.25, 0.3) is 11.0 Å². The highest BCUT2D eigenvalue weighted by molar-refractivity contribution is 7.85. The minimum Gasteiger partial charge on any atom is -0.331 e. The number of nitrogens with zero attached hydrogens (tertiary/aromatic N) is 1. The van der Waals surface area contributed by atoms with Gasteiger partial charge in [0.1, 0.15) is 0 Å². The van der Waals surface area contributed by atoms with E-state index in [1.54, 1.807) is 0 Å². The van der Waals surface area contributed by atoms with Crippen molar-refractivity contribution in [3.63, 3.8) is 0 Å². The molecule has 96 valence electrons. The lowest BCUT2D eigenvalue weighted by Crippen LogP contribution is -2.21. The van der Waals surface area contributed by atoms with Gasteiger partial charge in [0.15, 0.2) is 4.77 Å². The second-order valence-corrected chi connectivity index (χ2v) is 7.06. The van der Waals surface area contributed by atoms with Gasteiger partial charge >= 0.3 is 0 Å². The van der Waals surface area contributed by atoms with Crippen molar-refractivity contribution in [1.82, 2.24) is 9.55 Å². The maximum atomic E-state index is 11.4. The molecule has 0 atom stereocenters. The molecule has 18 heavy (non-hydrogen) atoms. The van der Waals surface area contributed by atoms with Crippen molar-refractivity contribution in [2.45, 2.75) is 18.9 Å². The molecule has 3 nitrogen and oxygen atoms in total. The fourth-order valence-electron chi connectivity index (χ4n) is 2.50. The van der Waals surface area contributed by atoms with Crippen molar-refractivity contribution in [3.05, 3.63) is 28.0 Å². The molecule has 1 saturated heterocycles. The van der Waals surface area contributed by atoms with Crippen LogP contribution in [0.4, 0.5) is 0 Å². The summed E-state index contributed by atoms with van der Waals surface area (Å²) < 4.78 is 14.3. The molecule has 3 rings (SSSR count). The summed E-state index contributed by atoms with van der Waals surface area (Å²) >= 11 is 11.4. The van der Waals surface area contributed by atoms with Gasteiger partial charge in [-0.3, -0.25) is 4.21 Å². The van der Waals surface area contributed by atoms with Gasteiger partial charge in [-0.2, -0.15) is 0 Å². The summed E-state index contributed by atoms with van der Waals surface area (Å²) in [6.07, 6.45) is 1.83. The van der Waals surface area contributed by atoms with Gasteiger partial charge < -0.3 is 9.55 Å². The van der Waals surface area contributed by atoms with Crippen LogP contribution in [0.2, 0.25) is 5.02 Å². The van der Waals surface area contributed by atoms with Crippen LogP contribution in [0.5, 0.6) is 0 Å². The number of H-pyrrole nitrogens is 1. The van der Waals surface area contributed by atoms with Crippen molar-refractivity contribution in [2.24, 2.45) is 0 Å². The summed E-state index contributed by atoms with van der Waals surface area (Å²) in [7, 11) is -0.651. The highest BCUT2D eigenvalue weighted by Gasteiger charge is 2.21. The molecule has 1 aliphatic rings. The average molecular weight is 301 g/mol. The van der Waals surface area contributed by atoms with E-state index in [0.717, 1.165) is 40.2 Å². The third-order valence-corrected chi connectivity index (χ3v) is 5.32. The fourth-order valence-corrected chi connectivity index (χ4v) is 4.29. The molecule has 1 aromatic carbocycles. The summed E-state index contributed by atoms with van der Waals surface area (Å²) in [5, 5.41) is 0.713. The van der Waals surface area contributed by atoms with Gasteiger partial charge in [-0.25, -0.2) is 0 Å². The molecule has 2 aromatic rings. The van der Waals surface area contributed by atoms with E-state index in [2.05, 4.69) is 9.55 Å². The number of fused-ring (bicyclic) bond motifs is 1. The Kier molecular flexibility index (Phi) is 3.30. The molecule has 1 N–H and O–H groups in total. The van der Waals surface area contributed by atoms with Gasteiger partial charge in [-0.15, -0.1) is 0 Å². The molecule has 0 saturated carbocycles. The third kappa shape index (κ3) is 2.15. The van der Waals surface area contributed by atoms with Gasteiger partial charge in [0.25, 0.3) is 0 Å². The molecule has 0 aliphatic carbocycles. The average Bonchev–Trinajstić information content (AvgIpc) is 2.66. The third-order valence-electron chi connectivity index (χ3n) is 3.40. The predicted molar refractivity (Wildman–Crippen MR) is 78.3 cm³/mol. The molecule has 0 unspecified atom stereocenters. The van der Waals surface area contributed by atoms with Crippen molar-refractivity contribution in [3.8, 4) is 0 Å². The molecule has 2 heterocycles. The van der Waals surface area contributed by atoms with Gasteiger partial charge in [0.05, 0.1) is 11.0 Å². The fraction of sp³-hybridized carbons (Fsp3) is 0.417. The summed E-state index contributed by atoms with van der Waals surface area (Å²) in [6.45, 7) is 0. The Morgan fingerprint density at radius 3 is 2.83 bits per heavy atom. The van der Waals surface area contributed by atoms with Crippen LogP contribution in [0.1, 0.15) is 18.9 Å². The first kappa shape index (κ1) is 12.4. The van der Waals surface area contributed by atoms with Crippen LogP contribution in [-0.4, -0.2) is 25.3 Å². The quantitative estimate of drug-likeness (QED) is 0.819. The smallest absolute Gasteiger partial charge is 0.178 e. The second kappa shape index (κ2) is 4.79. The Labute approximate surface area is 118 Å². The zero-order valence-electron chi connectivity index (χ0n) is 9.69. The zero-order chi connectivity index (χ0) is 12.7. The Morgan fingerprint density at radius 1 is 1.39 bits per heavy atom. The molecule has 0 bridgehead atoms. The number of hydrogen-bond donors (Lipinski definition) is 1. The van der Waals surface area contributed by atoms with Gasteiger partial charge in [-0.05, 0) is 43.3 Å². The topological polar surface area (TPSA) is 37.8 Å². The number of benzene rings is 1. The normalized spacial score (nSPS) is 24.5. The Balaban J connectivity index is 2.10. The van der Waals surface area contributed by atoms with Crippen LogP contribution in [-0.2, 0) is 10.8 Å². The second-order valence-electron chi connectivity index (χ2n) is 4.54. The van der Waals surface area contributed by atoms with Gasteiger partial charge in [0, 0.05) is 33.4 Å². The predicted octanol–water partition coefficient (Wildman–Crippen LogP) is 3.44. The Morgan fingerprint density at radius 2 is 2.11 bits per heavy atom. The summed E-state index contributed by atoms with van der Waals surface area (Å²) in [5.74, 6) is 1.53. The maximum Gasteiger partial charge on any atom is 0.178 e. The first-order chi connectivity index (χ1) is 8.65. The molecular formula is C12H13ClN2OS2. The van der Waals surface area contributed by atoms with Crippen molar-refractivity contribution in [2.75, 3.05) is 11.5 Å². The van der Waals surface area contributed by atoms with E-state index in [9.17, 15) is 4.21 Å². The first-order valence-electron chi connectivity index (χ1n) is 5.90. The lowest BCUT2D eigenvalue weighted by Gasteiger charge is -2.23. The lowest BCUT2D eigenvalue weighted by molar-refractivity contribution is 0.468. The molecule has 0 radical (unpaired) electrons. The summed E-state index contributed by atoms with van der Waals surface area (Å²) in [5.41, 5.74) is 2.06. The van der Waals surface area contributed by atoms with Crippen molar-refractivity contribution < 1.29 is 4.21 Å². The molecule has 1 aromatic heterocycles. The lowest BCUT2D eigenvalue weighted by atomic mass is 10.1. The monoisotopic (exact) mass is 300 g/mol. The number of imidazole rings is 1. The maximum absolute atomic E-state index is 11.4. The van der Waals surface area contributed by atoms with Crippen molar-refractivity contribution in [1.29, 1.82) is 0 Å². The number of aromatic nitrogens is 2. The van der Waals surface area contributed by atoms with E-state index in [0.29, 0.717) is 11.1 Å². The van der Waals surface area contributed by atoms with E-state index in [4.69, 9.17) is 23.8 Å². The van der Waals surface area contributed by atoms with Crippen LogP contribution in [0.3, 0.4) is 0 Å². The summed E-state index contributed by atoms with van der Waals surface area (Å²) in [6, 6.07) is 6.08. The number of nitrogens with one attached hydrogen (secondary N) is 1. The van der Waals surface area contributed by atoms with Gasteiger partial charge in [-0.1, -0.05) is 11.6 Å². The minimum atomic E-state index is -0.651. The standard InChI is InChI=1S/C12H13ClN2OS2/c13-8-1-2-10-11(7-8)15(12(17)14-10)9-3-5-18(16)6-4-9/h1-2,7,9H,3-6H2,(H,14,17). The Bertz CT molecular complexity index is 666. The molecule has 0 amide bonds. The summed E-state index contributed by atoms with van der Waals surface area (Å²) in [4.78, 5) is 3.21. The SMILES string of the molecule is O=S1CCC(n2c(=S)[nH]c3ccc(Cl)cc32)CC1. The van der Waals surface area contributed by atoms with Crippen LogP contribution in [0.15, 0.2) is 18.2 Å². The minimum absolute atomic E-state index is 0.336. The van der Waals surface area contributed by atoms with E-state index >= 15 is 0 Å². The molecule has 1 fully saturated rings. The zero-order valence-corrected chi connectivity index (χ0v) is 12.1. The van der Waals surface area contributed by atoms with Gasteiger partial charge in [0.2, 0.25) is 0 Å². The highest BCUT2D eigenvalue weighted by Crippen LogP contribution is 2.28. The first-order valence-corrected chi connectivity index (χ1v) is 8.17. The van der Waals surface area contributed by atoms with Crippen LogP contribution >= 0.6 is 23.8 Å². The number of halogens is 1. The van der Waals surface area contributed by atoms with E-state index < -0.39 is 10.8 Å². The van der Waals surface area contributed by atoms with Crippen molar-refractivity contribution >= 4 is 45.7 Å². The largest absolute Gasteiger partial charge is 0.331 e. The number of aromatic amines is 1. The van der Waals surface area contributed by atoms with Crippen LogP contribution < -0.4 is 0 Å². The molecule has 0 spiro atoms. The van der Waals surface area contributed by atoms with E-state index in [1.807, 2.05) is 18.2 Å².